The number of aryl methyl sites for hydroxylation is 1. The summed E-state index contributed by atoms with van der Waals surface area (Å²) in [5, 5.41) is 3.39. The summed E-state index contributed by atoms with van der Waals surface area (Å²) < 4.78 is 5.13. The standard InChI is InChI=1S/C19H21N3O3S/c1-5-19(6-2,7-3)22-15(23)12-25-18(24)16-13(4)21-17(26-16)14-10-8-9-11-20-14/h1,8-11H,6-7,12H2,2-4H3,(H,22,23). The molecule has 0 atom stereocenters. The number of amides is 1. The Morgan fingerprint density at radius 1 is 1.35 bits per heavy atom. The van der Waals surface area contributed by atoms with E-state index in [0.717, 1.165) is 0 Å². The fourth-order valence-corrected chi connectivity index (χ4v) is 3.29. The molecule has 2 aromatic heterocycles. The SMILES string of the molecule is C#CC(CC)(CC)NC(=O)COC(=O)c1sc(-c2ccccn2)nc1C. The first kappa shape index (κ1) is 19.6. The van der Waals surface area contributed by atoms with Crippen molar-refractivity contribution in [3.05, 3.63) is 35.0 Å². The van der Waals surface area contributed by atoms with Crippen LogP contribution in [-0.4, -0.2) is 34.0 Å². The first-order valence-electron chi connectivity index (χ1n) is 8.29. The van der Waals surface area contributed by atoms with Crippen molar-refractivity contribution in [1.82, 2.24) is 15.3 Å². The van der Waals surface area contributed by atoms with Crippen LogP contribution in [0.3, 0.4) is 0 Å². The van der Waals surface area contributed by atoms with E-state index in [1.165, 1.54) is 11.3 Å². The van der Waals surface area contributed by atoms with E-state index in [-0.39, 0.29) is 0 Å². The van der Waals surface area contributed by atoms with E-state index >= 15 is 0 Å². The Kier molecular flexibility index (Phi) is 6.47. The summed E-state index contributed by atoms with van der Waals surface area (Å²) in [7, 11) is 0. The van der Waals surface area contributed by atoms with E-state index in [2.05, 4.69) is 21.2 Å². The predicted octanol–water partition coefficient (Wildman–Crippen LogP) is 2.98. The van der Waals surface area contributed by atoms with Crippen LogP contribution in [0, 0.1) is 19.3 Å². The molecule has 1 N–H and O–H groups in total. The minimum atomic E-state index is -0.712. The Balaban J connectivity index is 2.02. The maximum atomic E-state index is 12.3. The summed E-state index contributed by atoms with van der Waals surface area (Å²) >= 11 is 1.19. The minimum absolute atomic E-state index is 0.354. The first-order valence-corrected chi connectivity index (χ1v) is 9.11. The highest BCUT2D eigenvalue weighted by Gasteiger charge is 2.26. The van der Waals surface area contributed by atoms with Gasteiger partial charge in [0.05, 0.1) is 11.4 Å². The van der Waals surface area contributed by atoms with Crippen LogP contribution in [0.15, 0.2) is 24.4 Å². The molecule has 136 valence electrons. The summed E-state index contributed by atoms with van der Waals surface area (Å²) in [6, 6.07) is 5.47. The molecule has 2 rings (SSSR count). The minimum Gasteiger partial charge on any atom is -0.451 e. The van der Waals surface area contributed by atoms with E-state index in [4.69, 9.17) is 11.2 Å². The quantitative estimate of drug-likeness (QED) is 0.598. The van der Waals surface area contributed by atoms with E-state index < -0.39 is 24.0 Å². The van der Waals surface area contributed by atoms with Gasteiger partial charge in [-0.25, -0.2) is 9.78 Å². The van der Waals surface area contributed by atoms with Gasteiger partial charge in [-0.15, -0.1) is 17.8 Å². The average Bonchev–Trinajstić information content (AvgIpc) is 3.07. The maximum absolute atomic E-state index is 12.3. The number of nitrogens with one attached hydrogen (secondary N) is 1. The number of carbonyl (C=O) groups is 2. The third kappa shape index (κ3) is 4.46. The van der Waals surface area contributed by atoms with Gasteiger partial charge in [0, 0.05) is 6.20 Å². The zero-order valence-corrected chi connectivity index (χ0v) is 15.9. The van der Waals surface area contributed by atoms with E-state index in [0.29, 0.717) is 34.1 Å². The molecule has 2 aromatic rings. The summed E-state index contributed by atoms with van der Waals surface area (Å²) in [5.74, 6) is 1.60. The highest BCUT2D eigenvalue weighted by Crippen LogP contribution is 2.26. The first-order chi connectivity index (χ1) is 12.4. The zero-order valence-electron chi connectivity index (χ0n) is 15.0. The number of ether oxygens (including phenoxy) is 1. The molecule has 26 heavy (non-hydrogen) atoms. The van der Waals surface area contributed by atoms with Crippen LogP contribution >= 0.6 is 11.3 Å². The van der Waals surface area contributed by atoms with Crippen LogP contribution in [0.4, 0.5) is 0 Å². The van der Waals surface area contributed by atoms with Gasteiger partial charge in [-0.2, -0.15) is 0 Å². The molecule has 0 spiro atoms. The van der Waals surface area contributed by atoms with Crippen LogP contribution in [-0.2, 0) is 9.53 Å². The molecule has 0 bridgehead atoms. The number of hydrogen-bond acceptors (Lipinski definition) is 6. The molecule has 1 amide bonds. The number of aromatic nitrogens is 2. The number of esters is 1. The number of thiazole rings is 1. The second kappa shape index (κ2) is 8.59. The lowest BCUT2D eigenvalue weighted by Crippen LogP contribution is -2.48. The Morgan fingerprint density at radius 3 is 2.65 bits per heavy atom. The van der Waals surface area contributed by atoms with Gasteiger partial charge in [-0.1, -0.05) is 25.8 Å². The van der Waals surface area contributed by atoms with Crippen LogP contribution < -0.4 is 5.32 Å². The fourth-order valence-electron chi connectivity index (χ4n) is 2.35. The van der Waals surface area contributed by atoms with Crippen LogP contribution in [0.25, 0.3) is 10.7 Å². The van der Waals surface area contributed by atoms with E-state index in [9.17, 15) is 9.59 Å². The smallest absolute Gasteiger partial charge is 0.350 e. The van der Waals surface area contributed by atoms with Gasteiger partial charge in [0.1, 0.15) is 15.4 Å². The Labute approximate surface area is 157 Å². The third-order valence-corrected chi connectivity index (χ3v) is 5.22. The van der Waals surface area contributed by atoms with Crippen molar-refractivity contribution in [3.63, 3.8) is 0 Å². The third-order valence-electron chi connectivity index (χ3n) is 4.06. The lowest BCUT2D eigenvalue weighted by atomic mass is 9.94. The summed E-state index contributed by atoms with van der Waals surface area (Å²) in [4.78, 5) is 33.3. The Hall–Kier alpha value is -2.72. The van der Waals surface area contributed by atoms with Crippen molar-refractivity contribution in [2.45, 2.75) is 39.2 Å². The molecule has 0 aliphatic rings. The molecule has 0 unspecified atom stereocenters. The zero-order chi connectivity index (χ0) is 19.2. The summed E-state index contributed by atoms with van der Waals surface area (Å²) in [6.45, 7) is 5.13. The predicted molar refractivity (Wildman–Crippen MR) is 101 cm³/mol. The highest BCUT2D eigenvalue weighted by molar-refractivity contribution is 7.17. The van der Waals surface area contributed by atoms with Crippen LogP contribution in [0.2, 0.25) is 0 Å². The largest absolute Gasteiger partial charge is 0.451 e. The van der Waals surface area contributed by atoms with Crippen molar-refractivity contribution in [2.75, 3.05) is 6.61 Å². The molecule has 0 aliphatic carbocycles. The molecule has 0 aliphatic heterocycles. The average molecular weight is 371 g/mol. The molecule has 0 aromatic carbocycles. The lowest BCUT2D eigenvalue weighted by molar-refractivity contribution is -0.125. The van der Waals surface area contributed by atoms with Crippen molar-refractivity contribution in [2.24, 2.45) is 0 Å². The Morgan fingerprint density at radius 2 is 2.08 bits per heavy atom. The highest BCUT2D eigenvalue weighted by atomic mass is 32.1. The van der Waals surface area contributed by atoms with Gasteiger partial charge in [-0.3, -0.25) is 9.78 Å². The number of hydrogen-bond donors (Lipinski definition) is 1. The molecule has 2 heterocycles. The second-order valence-electron chi connectivity index (χ2n) is 5.71. The van der Waals surface area contributed by atoms with Gasteiger partial charge in [0.25, 0.3) is 5.91 Å². The second-order valence-corrected chi connectivity index (χ2v) is 6.71. The number of pyridine rings is 1. The van der Waals surface area contributed by atoms with Gasteiger partial charge in [0.15, 0.2) is 6.61 Å². The van der Waals surface area contributed by atoms with Crippen molar-refractivity contribution >= 4 is 23.2 Å². The Bertz CT molecular complexity index is 820. The lowest BCUT2D eigenvalue weighted by Gasteiger charge is -2.26. The number of rotatable bonds is 7. The topological polar surface area (TPSA) is 81.2 Å². The van der Waals surface area contributed by atoms with Crippen LogP contribution in [0.1, 0.15) is 42.1 Å². The van der Waals surface area contributed by atoms with Crippen molar-refractivity contribution < 1.29 is 14.3 Å². The molecular weight excluding hydrogens is 350 g/mol. The molecule has 0 radical (unpaired) electrons. The van der Waals surface area contributed by atoms with Gasteiger partial charge < -0.3 is 10.1 Å². The number of nitrogens with zero attached hydrogens (tertiary/aromatic N) is 2. The number of carbonyl (C=O) groups excluding carboxylic acids is 2. The van der Waals surface area contributed by atoms with Gasteiger partial charge in [-0.05, 0) is 31.9 Å². The van der Waals surface area contributed by atoms with E-state index in [1.54, 1.807) is 19.2 Å². The normalized spacial score (nSPS) is 10.8. The van der Waals surface area contributed by atoms with Crippen LogP contribution in [0.5, 0.6) is 0 Å². The number of terminal acetylenes is 1. The monoisotopic (exact) mass is 371 g/mol. The molecule has 0 saturated carbocycles. The molecular formula is C19H21N3O3S. The maximum Gasteiger partial charge on any atom is 0.350 e. The fraction of sp³-hybridized carbons (Fsp3) is 0.368. The van der Waals surface area contributed by atoms with Gasteiger partial charge >= 0.3 is 5.97 Å². The summed E-state index contributed by atoms with van der Waals surface area (Å²) in [6.07, 6.45) is 8.37. The van der Waals surface area contributed by atoms with Gasteiger partial charge in [0.2, 0.25) is 0 Å². The summed E-state index contributed by atoms with van der Waals surface area (Å²) in [5.41, 5.74) is 0.513. The molecule has 0 saturated heterocycles. The van der Waals surface area contributed by atoms with Crippen molar-refractivity contribution in [3.8, 4) is 23.0 Å². The molecule has 7 heteroatoms. The van der Waals surface area contributed by atoms with Crippen molar-refractivity contribution in [1.29, 1.82) is 0 Å². The molecule has 0 fully saturated rings. The molecule has 6 nitrogen and oxygen atoms in total. The van der Waals surface area contributed by atoms with E-state index in [1.807, 2.05) is 26.0 Å².